The van der Waals surface area contributed by atoms with Crippen molar-refractivity contribution in [3.8, 4) is 0 Å². The maximum Gasteiger partial charge on any atom is 0.251 e. The number of hydrogen-bond acceptors (Lipinski definition) is 4. The number of H-pyrrole nitrogens is 1. The highest BCUT2D eigenvalue weighted by atomic mass is 16.1. The molecule has 0 spiro atoms. The zero-order chi connectivity index (χ0) is 14.5. The van der Waals surface area contributed by atoms with Crippen LogP contribution < -0.4 is 10.6 Å². The molecule has 21 heavy (non-hydrogen) atoms. The van der Waals surface area contributed by atoms with Gasteiger partial charge in [0.2, 0.25) is 0 Å². The summed E-state index contributed by atoms with van der Waals surface area (Å²) in [4.78, 5) is 23.2. The molecule has 3 aromatic rings. The van der Waals surface area contributed by atoms with Crippen molar-refractivity contribution in [3.05, 3.63) is 54.5 Å². The maximum absolute atomic E-state index is 11.8. The second-order valence-corrected chi connectivity index (χ2v) is 4.53. The van der Waals surface area contributed by atoms with E-state index in [2.05, 4.69) is 25.6 Å². The van der Waals surface area contributed by atoms with E-state index in [1.165, 1.54) is 0 Å². The zero-order valence-electron chi connectivity index (χ0n) is 11.3. The van der Waals surface area contributed by atoms with Crippen molar-refractivity contribution >= 4 is 22.8 Å². The number of aromatic amines is 1. The van der Waals surface area contributed by atoms with Gasteiger partial charge < -0.3 is 15.6 Å². The predicted molar refractivity (Wildman–Crippen MR) is 81.2 cm³/mol. The SMILES string of the molecule is O=C(NCCNc1ccc2cc[nH]c2n1)c1ccncc1. The minimum Gasteiger partial charge on any atom is -0.368 e. The van der Waals surface area contributed by atoms with Crippen LogP contribution in [0.2, 0.25) is 0 Å². The van der Waals surface area contributed by atoms with E-state index in [0.29, 0.717) is 18.7 Å². The highest BCUT2D eigenvalue weighted by Gasteiger charge is 2.03. The van der Waals surface area contributed by atoms with Crippen LogP contribution in [0, 0.1) is 0 Å². The molecule has 3 rings (SSSR count). The molecule has 3 heterocycles. The Balaban J connectivity index is 1.49. The van der Waals surface area contributed by atoms with E-state index in [1.807, 2.05) is 24.4 Å². The van der Waals surface area contributed by atoms with Crippen LogP contribution in [0.15, 0.2) is 48.9 Å². The molecule has 0 bridgehead atoms. The molecule has 6 nitrogen and oxygen atoms in total. The highest BCUT2D eigenvalue weighted by Crippen LogP contribution is 2.12. The number of anilines is 1. The van der Waals surface area contributed by atoms with E-state index in [0.717, 1.165) is 16.9 Å². The van der Waals surface area contributed by atoms with Crippen LogP contribution in [-0.2, 0) is 0 Å². The van der Waals surface area contributed by atoms with Gasteiger partial charge in [-0.1, -0.05) is 0 Å². The van der Waals surface area contributed by atoms with Gasteiger partial charge in [0.15, 0.2) is 0 Å². The summed E-state index contributed by atoms with van der Waals surface area (Å²) in [5.74, 6) is 0.676. The number of aromatic nitrogens is 3. The summed E-state index contributed by atoms with van der Waals surface area (Å²) < 4.78 is 0. The maximum atomic E-state index is 11.8. The molecule has 1 amide bonds. The third kappa shape index (κ3) is 3.17. The number of carbonyl (C=O) groups is 1. The number of rotatable bonds is 5. The molecule has 106 valence electrons. The van der Waals surface area contributed by atoms with Crippen molar-refractivity contribution in [1.82, 2.24) is 20.3 Å². The lowest BCUT2D eigenvalue weighted by molar-refractivity contribution is 0.0955. The molecule has 0 unspecified atom stereocenters. The Labute approximate surface area is 121 Å². The van der Waals surface area contributed by atoms with Crippen LogP contribution >= 0.6 is 0 Å². The zero-order valence-corrected chi connectivity index (χ0v) is 11.3. The molecule has 0 radical (unpaired) electrons. The van der Waals surface area contributed by atoms with E-state index in [1.54, 1.807) is 24.5 Å². The first kappa shape index (κ1) is 13.1. The van der Waals surface area contributed by atoms with Gasteiger partial charge in [0, 0.05) is 42.6 Å². The molecule has 3 N–H and O–H groups in total. The van der Waals surface area contributed by atoms with Gasteiger partial charge in [-0.25, -0.2) is 4.98 Å². The first-order valence-corrected chi connectivity index (χ1v) is 6.69. The van der Waals surface area contributed by atoms with Gasteiger partial charge in [0.1, 0.15) is 11.5 Å². The van der Waals surface area contributed by atoms with Gasteiger partial charge in [-0.05, 0) is 30.3 Å². The van der Waals surface area contributed by atoms with Crippen LogP contribution in [0.1, 0.15) is 10.4 Å². The van der Waals surface area contributed by atoms with Crippen molar-refractivity contribution in [3.63, 3.8) is 0 Å². The number of fused-ring (bicyclic) bond motifs is 1. The standard InChI is InChI=1S/C15H15N5O/c21-15(12-3-6-16-7-4-12)19-10-9-17-13-2-1-11-5-8-18-14(11)20-13/h1-8H,9-10H2,(H,19,21)(H2,17,18,20). The average molecular weight is 281 g/mol. The van der Waals surface area contributed by atoms with E-state index < -0.39 is 0 Å². The Morgan fingerprint density at radius 1 is 1.10 bits per heavy atom. The summed E-state index contributed by atoms with van der Waals surface area (Å²) in [6.45, 7) is 1.13. The third-order valence-electron chi connectivity index (χ3n) is 3.07. The Morgan fingerprint density at radius 2 is 1.95 bits per heavy atom. The fourth-order valence-corrected chi connectivity index (χ4v) is 2.00. The fourth-order valence-electron chi connectivity index (χ4n) is 2.00. The van der Waals surface area contributed by atoms with Crippen LogP contribution in [0.3, 0.4) is 0 Å². The van der Waals surface area contributed by atoms with Crippen molar-refractivity contribution in [2.75, 3.05) is 18.4 Å². The number of amides is 1. The van der Waals surface area contributed by atoms with Gasteiger partial charge >= 0.3 is 0 Å². The summed E-state index contributed by atoms with van der Waals surface area (Å²) in [7, 11) is 0. The van der Waals surface area contributed by atoms with Crippen LogP contribution in [0.25, 0.3) is 11.0 Å². The van der Waals surface area contributed by atoms with Gasteiger partial charge in [0.05, 0.1) is 0 Å². The van der Waals surface area contributed by atoms with Gasteiger partial charge in [-0.15, -0.1) is 0 Å². The Morgan fingerprint density at radius 3 is 2.81 bits per heavy atom. The van der Waals surface area contributed by atoms with Gasteiger partial charge in [0.25, 0.3) is 5.91 Å². The average Bonchev–Trinajstić information content (AvgIpc) is 3.00. The Kier molecular flexibility index (Phi) is 3.77. The molecule has 6 heteroatoms. The molecule has 0 aliphatic heterocycles. The lowest BCUT2D eigenvalue weighted by atomic mass is 10.2. The van der Waals surface area contributed by atoms with Crippen molar-refractivity contribution < 1.29 is 4.79 Å². The number of nitrogens with zero attached hydrogens (tertiary/aromatic N) is 2. The van der Waals surface area contributed by atoms with E-state index in [-0.39, 0.29) is 5.91 Å². The van der Waals surface area contributed by atoms with Crippen molar-refractivity contribution in [1.29, 1.82) is 0 Å². The minimum absolute atomic E-state index is 0.105. The Hall–Kier alpha value is -2.89. The third-order valence-corrected chi connectivity index (χ3v) is 3.07. The summed E-state index contributed by atoms with van der Waals surface area (Å²) in [5.41, 5.74) is 1.46. The number of nitrogens with one attached hydrogen (secondary N) is 3. The first-order chi connectivity index (χ1) is 10.3. The number of pyridine rings is 2. The normalized spacial score (nSPS) is 10.5. The van der Waals surface area contributed by atoms with Crippen molar-refractivity contribution in [2.45, 2.75) is 0 Å². The highest BCUT2D eigenvalue weighted by molar-refractivity contribution is 5.93. The molecule has 0 aliphatic rings. The van der Waals surface area contributed by atoms with Crippen LogP contribution in [0.4, 0.5) is 5.82 Å². The number of hydrogen-bond donors (Lipinski definition) is 3. The minimum atomic E-state index is -0.105. The molecule has 0 aliphatic carbocycles. The lowest BCUT2D eigenvalue weighted by Crippen LogP contribution is -2.28. The van der Waals surface area contributed by atoms with E-state index in [4.69, 9.17) is 0 Å². The summed E-state index contributed by atoms with van der Waals surface area (Å²) >= 11 is 0. The van der Waals surface area contributed by atoms with E-state index in [9.17, 15) is 4.79 Å². The first-order valence-electron chi connectivity index (χ1n) is 6.69. The summed E-state index contributed by atoms with van der Waals surface area (Å²) in [6, 6.07) is 9.26. The topological polar surface area (TPSA) is 82.7 Å². The second kappa shape index (κ2) is 6.04. The second-order valence-electron chi connectivity index (χ2n) is 4.53. The number of carbonyl (C=O) groups excluding carboxylic acids is 1. The molecular weight excluding hydrogens is 266 g/mol. The molecule has 0 fully saturated rings. The molecular formula is C15H15N5O. The smallest absolute Gasteiger partial charge is 0.251 e. The van der Waals surface area contributed by atoms with Gasteiger partial charge in [-0.2, -0.15) is 0 Å². The van der Waals surface area contributed by atoms with Crippen molar-refractivity contribution in [2.24, 2.45) is 0 Å². The largest absolute Gasteiger partial charge is 0.368 e. The predicted octanol–water partition coefficient (Wildman–Crippen LogP) is 1.80. The molecule has 0 atom stereocenters. The van der Waals surface area contributed by atoms with Crippen LogP contribution in [-0.4, -0.2) is 33.9 Å². The lowest BCUT2D eigenvalue weighted by Gasteiger charge is -2.07. The monoisotopic (exact) mass is 281 g/mol. The van der Waals surface area contributed by atoms with Gasteiger partial charge in [-0.3, -0.25) is 9.78 Å². The molecule has 0 saturated carbocycles. The van der Waals surface area contributed by atoms with E-state index >= 15 is 0 Å². The fraction of sp³-hybridized carbons (Fsp3) is 0.133. The summed E-state index contributed by atoms with van der Waals surface area (Å²) in [5, 5.41) is 7.09. The molecule has 0 saturated heterocycles. The summed E-state index contributed by atoms with van der Waals surface area (Å²) in [6.07, 6.45) is 5.06. The molecule has 3 aromatic heterocycles. The Bertz CT molecular complexity index is 738. The molecule has 0 aromatic carbocycles. The van der Waals surface area contributed by atoms with Crippen LogP contribution in [0.5, 0.6) is 0 Å². The quantitative estimate of drug-likeness (QED) is 0.623.